The van der Waals surface area contributed by atoms with E-state index in [1.165, 1.54) is 17.3 Å². The lowest BCUT2D eigenvalue weighted by atomic mass is 10.2. The normalized spacial score (nSPS) is 14.9. The molecule has 0 N–H and O–H groups in total. The molecule has 0 saturated carbocycles. The van der Waals surface area contributed by atoms with E-state index in [4.69, 9.17) is 11.6 Å². The minimum atomic E-state index is 0.124. The van der Waals surface area contributed by atoms with Gasteiger partial charge in [0.15, 0.2) is 5.16 Å². The maximum Gasteiger partial charge on any atom is 0.233 e. The van der Waals surface area contributed by atoms with Crippen LogP contribution in [0.3, 0.4) is 0 Å². The van der Waals surface area contributed by atoms with Crippen molar-refractivity contribution in [3.05, 3.63) is 65.7 Å². The van der Waals surface area contributed by atoms with Gasteiger partial charge in [-0.15, -0.1) is 10.2 Å². The van der Waals surface area contributed by atoms with Gasteiger partial charge in [-0.1, -0.05) is 29.4 Å². The number of hydrogen-bond acceptors (Lipinski definition) is 6. The van der Waals surface area contributed by atoms with Gasteiger partial charge in [0.2, 0.25) is 5.91 Å². The van der Waals surface area contributed by atoms with E-state index < -0.39 is 0 Å². The molecule has 0 radical (unpaired) electrons. The van der Waals surface area contributed by atoms with Crippen LogP contribution in [0.15, 0.2) is 60.3 Å². The second-order valence-electron chi connectivity index (χ2n) is 6.76. The third-order valence-electron chi connectivity index (χ3n) is 4.81. The number of carbonyl (C=O) groups excluding carboxylic acids is 1. The first kappa shape index (κ1) is 19.9. The zero-order valence-electron chi connectivity index (χ0n) is 15.8. The molecule has 1 aliphatic heterocycles. The zero-order valence-corrected chi connectivity index (χ0v) is 17.4. The molecular formula is C20H21ClN6OS. The summed E-state index contributed by atoms with van der Waals surface area (Å²) < 4.78 is 1.84. The molecule has 1 fully saturated rings. The summed E-state index contributed by atoms with van der Waals surface area (Å²) in [5, 5.41) is 9.45. The Labute approximate surface area is 178 Å². The Morgan fingerprint density at radius 3 is 2.66 bits per heavy atom. The number of carbonyl (C=O) groups is 1. The lowest BCUT2D eigenvalue weighted by Crippen LogP contribution is -2.48. The Morgan fingerprint density at radius 2 is 1.90 bits per heavy atom. The highest BCUT2D eigenvalue weighted by Crippen LogP contribution is 2.22. The number of amides is 1. The Bertz CT molecular complexity index is 958. The second kappa shape index (κ2) is 9.39. The molecule has 3 aromatic rings. The molecule has 1 aliphatic rings. The van der Waals surface area contributed by atoms with Crippen LogP contribution in [0.4, 0.5) is 0 Å². The highest BCUT2D eigenvalue weighted by Gasteiger charge is 2.22. The Kier molecular flexibility index (Phi) is 6.43. The predicted octanol–water partition coefficient (Wildman–Crippen LogP) is 2.75. The van der Waals surface area contributed by atoms with Gasteiger partial charge in [-0.05, 0) is 35.9 Å². The van der Waals surface area contributed by atoms with Crippen molar-refractivity contribution in [1.82, 2.24) is 29.5 Å². The van der Waals surface area contributed by atoms with E-state index in [2.05, 4.69) is 20.1 Å². The summed E-state index contributed by atoms with van der Waals surface area (Å²) in [5.74, 6) is 0.461. The number of benzene rings is 1. The maximum atomic E-state index is 12.7. The van der Waals surface area contributed by atoms with Crippen LogP contribution in [0.2, 0.25) is 5.02 Å². The van der Waals surface area contributed by atoms with Crippen LogP contribution < -0.4 is 0 Å². The molecule has 150 valence electrons. The largest absolute Gasteiger partial charge is 0.339 e. The third kappa shape index (κ3) is 5.14. The monoisotopic (exact) mass is 428 g/mol. The molecule has 1 amide bonds. The number of piperazine rings is 1. The van der Waals surface area contributed by atoms with Crippen LogP contribution in [0.1, 0.15) is 5.56 Å². The number of hydrogen-bond donors (Lipinski definition) is 0. The van der Waals surface area contributed by atoms with Crippen LogP contribution in [-0.2, 0) is 11.3 Å². The third-order valence-corrected chi connectivity index (χ3v) is 5.97. The first-order valence-corrected chi connectivity index (χ1v) is 10.7. The molecule has 0 aliphatic carbocycles. The fourth-order valence-electron chi connectivity index (χ4n) is 3.25. The lowest BCUT2D eigenvalue weighted by Gasteiger charge is -2.34. The number of thioether (sulfide) groups is 1. The molecule has 2 aromatic heterocycles. The predicted molar refractivity (Wildman–Crippen MR) is 113 cm³/mol. The van der Waals surface area contributed by atoms with Crippen molar-refractivity contribution >= 4 is 29.3 Å². The van der Waals surface area contributed by atoms with Crippen LogP contribution in [0, 0.1) is 0 Å². The molecule has 3 heterocycles. The van der Waals surface area contributed by atoms with Gasteiger partial charge in [-0.3, -0.25) is 19.2 Å². The fraction of sp³-hybridized carbons (Fsp3) is 0.300. The summed E-state index contributed by atoms with van der Waals surface area (Å²) in [7, 11) is 0. The van der Waals surface area contributed by atoms with Crippen LogP contribution in [0.5, 0.6) is 0 Å². The molecule has 0 spiro atoms. The van der Waals surface area contributed by atoms with Crippen molar-refractivity contribution in [1.29, 1.82) is 0 Å². The van der Waals surface area contributed by atoms with Crippen LogP contribution in [0.25, 0.3) is 5.69 Å². The molecule has 0 bridgehead atoms. The van der Waals surface area contributed by atoms with Gasteiger partial charge in [-0.2, -0.15) is 0 Å². The molecule has 0 unspecified atom stereocenters. The summed E-state index contributed by atoms with van der Waals surface area (Å²) >= 11 is 7.47. The molecule has 29 heavy (non-hydrogen) atoms. The van der Waals surface area contributed by atoms with Crippen molar-refractivity contribution in [3.63, 3.8) is 0 Å². The van der Waals surface area contributed by atoms with Gasteiger partial charge in [0, 0.05) is 50.1 Å². The molecule has 1 aromatic carbocycles. The number of aromatic nitrogens is 4. The molecule has 9 heteroatoms. The SMILES string of the molecule is O=C(CSc1nncn1-c1cccc(Cl)c1)N1CCN(Cc2ccncc2)CC1. The number of nitrogens with zero attached hydrogens (tertiary/aromatic N) is 6. The van der Waals surface area contributed by atoms with Crippen molar-refractivity contribution in [3.8, 4) is 5.69 Å². The Morgan fingerprint density at radius 1 is 1.10 bits per heavy atom. The van der Waals surface area contributed by atoms with Gasteiger partial charge in [-0.25, -0.2) is 0 Å². The molecule has 0 atom stereocenters. The summed E-state index contributed by atoms with van der Waals surface area (Å²) in [6.45, 7) is 4.12. The summed E-state index contributed by atoms with van der Waals surface area (Å²) in [6, 6.07) is 11.5. The number of rotatable bonds is 6. The highest BCUT2D eigenvalue weighted by molar-refractivity contribution is 7.99. The highest BCUT2D eigenvalue weighted by atomic mass is 35.5. The molecule has 1 saturated heterocycles. The van der Waals surface area contributed by atoms with Crippen molar-refractivity contribution in [2.24, 2.45) is 0 Å². The first-order valence-electron chi connectivity index (χ1n) is 9.37. The summed E-state index contributed by atoms with van der Waals surface area (Å²) in [5.41, 5.74) is 2.12. The van der Waals surface area contributed by atoms with Gasteiger partial charge in [0.25, 0.3) is 0 Å². The average Bonchev–Trinajstić information content (AvgIpc) is 3.22. The van der Waals surface area contributed by atoms with Crippen molar-refractivity contribution in [2.75, 3.05) is 31.9 Å². The van der Waals surface area contributed by atoms with Gasteiger partial charge >= 0.3 is 0 Å². The van der Waals surface area contributed by atoms with E-state index >= 15 is 0 Å². The van der Waals surface area contributed by atoms with Crippen molar-refractivity contribution < 1.29 is 4.79 Å². The summed E-state index contributed by atoms with van der Waals surface area (Å²) in [4.78, 5) is 21.0. The molecule has 7 nitrogen and oxygen atoms in total. The summed E-state index contributed by atoms with van der Waals surface area (Å²) in [6.07, 6.45) is 5.26. The molecular weight excluding hydrogens is 408 g/mol. The fourth-order valence-corrected chi connectivity index (χ4v) is 4.26. The van der Waals surface area contributed by atoms with E-state index in [0.717, 1.165) is 38.4 Å². The van der Waals surface area contributed by atoms with Gasteiger partial charge < -0.3 is 4.90 Å². The van der Waals surface area contributed by atoms with E-state index in [9.17, 15) is 4.79 Å². The quantitative estimate of drug-likeness (QED) is 0.562. The van der Waals surface area contributed by atoms with E-state index in [0.29, 0.717) is 15.9 Å². The zero-order chi connectivity index (χ0) is 20.1. The first-order chi connectivity index (χ1) is 14.2. The van der Waals surface area contributed by atoms with Crippen LogP contribution >= 0.6 is 23.4 Å². The Balaban J connectivity index is 1.29. The van der Waals surface area contributed by atoms with E-state index in [1.54, 1.807) is 6.33 Å². The van der Waals surface area contributed by atoms with Gasteiger partial charge in [0.05, 0.1) is 11.4 Å². The minimum absolute atomic E-state index is 0.124. The smallest absolute Gasteiger partial charge is 0.233 e. The lowest BCUT2D eigenvalue weighted by molar-refractivity contribution is -0.130. The Hall–Kier alpha value is -2.42. The standard InChI is InChI=1S/C20H21ClN6OS/c21-17-2-1-3-18(12-17)27-15-23-24-20(27)29-14-19(28)26-10-8-25(9-11-26)13-16-4-6-22-7-5-16/h1-7,12,15H,8-11,13-14H2. The van der Waals surface area contributed by atoms with E-state index in [1.807, 2.05) is 58.3 Å². The second-order valence-corrected chi connectivity index (χ2v) is 8.14. The van der Waals surface area contributed by atoms with E-state index in [-0.39, 0.29) is 5.91 Å². The maximum absolute atomic E-state index is 12.7. The van der Waals surface area contributed by atoms with Crippen LogP contribution in [-0.4, -0.2) is 67.4 Å². The number of halogens is 1. The van der Waals surface area contributed by atoms with Crippen molar-refractivity contribution in [2.45, 2.75) is 11.7 Å². The molecule has 4 rings (SSSR count). The number of pyridine rings is 1. The van der Waals surface area contributed by atoms with Gasteiger partial charge in [0.1, 0.15) is 6.33 Å². The topological polar surface area (TPSA) is 67.2 Å². The minimum Gasteiger partial charge on any atom is -0.339 e. The average molecular weight is 429 g/mol.